The van der Waals surface area contributed by atoms with Crippen molar-refractivity contribution in [3.8, 4) is 5.75 Å². The number of nitrogens with zero attached hydrogens (tertiary/aromatic N) is 1. The zero-order valence-corrected chi connectivity index (χ0v) is 13.5. The highest BCUT2D eigenvalue weighted by Gasteiger charge is 2.13. The summed E-state index contributed by atoms with van der Waals surface area (Å²) < 4.78 is 0. The normalized spacial score (nSPS) is 10.0. The van der Waals surface area contributed by atoms with Gasteiger partial charge in [-0.15, -0.1) is 23.7 Å². The summed E-state index contributed by atoms with van der Waals surface area (Å²) in [4.78, 5) is 16.3. The van der Waals surface area contributed by atoms with Crippen LogP contribution in [0.1, 0.15) is 26.6 Å². The first-order chi connectivity index (χ1) is 9.52. The van der Waals surface area contributed by atoms with E-state index in [0.29, 0.717) is 29.9 Å². The minimum absolute atomic E-state index is 0. The van der Waals surface area contributed by atoms with Crippen LogP contribution in [0.2, 0.25) is 0 Å². The lowest BCUT2D eigenvalue weighted by Gasteiger charge is -2.10. The molecule has 2 aromatic rings. The Morgan fingerprint density at radius 3 is 2.81 bits per heavy atom. The van der Waals surface area contributed by atoms with Crippen LogP contribution in [-0.4, -0.2) is 22.5 Å². The summed E-state index contributed by atoms with van der Waals surface area (Å²) in [5, 5.41) is 15.2. The third kappa shape index (κ3) is 3.93. The van der Waals surface area contributed by atoms with Gasteiger partial charge in [-0.25, -0.2) is 4.98 Å². The first-order valence-electron chi connectivity index (χ1n) is 6.28. The summed E-state index contributed by atoms with van der Waals surface area (Å²) in [7, 11) is 0. The second-order valence-corrected chi connectivity index (χ2v) is 5.47. The zero-order valence-electron chi connectivity index (χ0n) is 11.8. The largest absolute Gasteiger partial charge is 0.507 e. The standard InChI is InChI=1S/C14H17N3O2S.ClH/c1-8-3-4-10(9(2)13(8)18)17-14(19)11-7-20-12(16-11)5-6-15;/h3-4,7,18H,5-6,15H2,1-2H3,(H,17,19);1H. The fraction of sp³-hybridized carbons (Fsp3) is 0.286. The fourth-order valence-electron chi connectivity index (χ4n) is 1.81. The summed E-state index contributed by atoms with van der Waals surface area (Å²) in [5.41, 5.74) is 7.85. The van der Waals surface area contributed by atoms with Crippen molar-refractivity contribution in [3.63, 3.8) is 0 Å². The van der Waals surface area contributed by atoms with Crippen LogP contribution in [0, 0.1) is 13.8 Å². The van der Waals surface area contributed by atoms with Crippen LogP contribution >= 0.6 is 23.7 Å². The van der Waals surface area contributed by atoms with Gasteiger partial charge in [0.05, 0.1) is 5.01 Å². The predicted molar refractivity (Wildman–Crippen MR) is 87.7 cm³/mol. The number of rotatable bonds is 4. The number of benzene rings is 1. The van der Waals surface area contributed by atoms with E-state index in [1.165, 1.54) is 11.3 Å². The lowest BCUT2D eigenvalue weighted by Crippen LogP contribution is -2.13. The molecule has 0 fully saturated rings. The minimum atomic E-state index is -0.282. The molecule has 1 aromatic heterocycles. The molecule has 0 bridgehead atoms. The highest BCUT2D eigenvalue weighted by atomic mass is 35.5. The van der Waals surface area contributed by atoms with Gasteiger partial charge in [0.15, 0.2) is 0 Å². The maximum Gasteiger partial charge on any atom is 0.275 e. The van der Waals surface area contributed by atoms with E-state index in [1.54, 1.807) is 24.4 Å². The van der Waals surface area contributed by atoms with Crippen LogP contribution in [0.25, 0.3) is 0 Å². The van der Waals surface area contributed by atoms with Crippen molar-refractivity contribution in [2.45, 2.75) is 20.3 Å². The second-order valence-electron chi connectivity index (χ2n) is 4.52. The Morgan fingerprint density at radius 2 is 2.14 bits per heavy atom. The molecule has 1 aromatic carbocycles. The van der Waals surface area contributed by atoms with Crippen molar-refractivity contribution in [2.75, 3.05) is 11.9 Å². The summed E-state index contributed by atoms with van der Waals surface area (Å²) >= 11 is 1.42. The maximum absolute atomic E-state index is 12.1. The van der Waals surface area contributed by atoms with Gasteiger partial charge in [-0.1, -0.05) is 6.07 Å². The first-order valence-corrected chi connectivity index (χ1v) is 7.16. The van der Waals surface area contributed by atoms with Crippen LogP contribution in [-0.2, 0) is 6.42 Å². The van der Waals surface area contributed by atoms with Crippen LogP contribution in [0.3, 0.4) is 0 Å². The van der Waals surface area contributed by atoms with E-state index in [2.05, 4.69) is 10.3 Å². The summed E-state index contributed by atoms with van der Waals surface area (Å²) in [6.07, 6.45) is 0.669. The number of aromatic nitrogens is 1. The summed E-state index contributed by atoms with van der Waals surface area (Å²) in [6, 6.07) is 3.54. The molecule has 0 atom stereocenters. The third-order valence-corrected chi connectivity index (χ3v) is 3.93. The molecular formula is C14H18ClN3O2S. The molecule has 5 nitrogen and oxygen atoms in total. The second kappa shape index (κ2) is 7.40. The molecule has 114 valence electrons. The number of amides is 1. The number of aryl methyl sites for hydroxylation is 1. The molecular weight excluding hydrogens is 310 g/mol. The molecule has 0 aliphatic heterocycles. The van der Waals surface area contributed by atoms with Crippen LogP contribution < -0.4 is 11.1 Å². The molecule has 0 aliphatic carbocycles. The number of halogens is 1. The third-order valence-electron chi connectivity index (χ3n) is 3.02. The van der Waals surface area contributed by atoms with Gasteiger partial charge in [-0.2, -0.15) is 0 Å². The van der Waals surface area contributed by atoms with Gasteiger partial charge >= 0.3 is 0 Å². The molecule has 2 rings (SSSR count). The number of anilines is 1. The van der Waals surface area contributed by atoms with Crippen molar-refractivity contribution >= 4 is 35.3 Å². The van der Waals surface area contributed by atoms with Crippen molar-refractivity contribution < 1.29 is 9.90 Å². The van der Waals surface area contributed by atoms with Crippen molar-refractivity contribution in [3.05, 3.63) is 39.3 Å². The van der Waals surface area contributed by atoms with E-state index in [-0.39, 0.29) is 24.1 Å². The van der Waals surface area contributed by atoms with E-state index >= 15 is 0 Å². The Kier molecular flexibility index (Phi) is 6.14. The number of aromatic hydroxyl groups is 1. The molecule has 0 saturated carbocycles. The molecule has 0 aliphatic rings. The van der Waals surface area contributed by atoms with Crippen LogP contribution in [0.5, 0.6) is 5.75 Å². The molecule has 7 heteroatoms. The number of nitrogens with two attached hydrogens (primary N) is 1. The van der Waals surface area contributed by atoms with Crippen molar-refractivity contribution in [1.82, 2.24) is 4.98 Å². The van der Waals surface area contributed by atoms with Gasteiger partial charge in [0.1, 0.15) is 11.4 Å². The summed E-state index contributed by atoms with van der Waals surface area (Å²) in [6.45, 7) is 4.09. The Bertz CT molecular complexity index is 643. The average molecular weight is 328 g/mol. The summed E-state index contributed by atoms with van der Waals surface area (Å²) in [5.74, 6) is -0.0826. The predicted octanol–water partition coefficient (Wildman–Crippen LogP) is 2.64. The van der Waals surface area contributed by atoms with Gasteiger partial charge in [0, 0.05) is 23.1 Å². The number of nitrogens with one attached hydrogen (secondary N) is 1. The first kappa shape index (κ1) is 17.4. The van der Waals surface area contributed by atoms with Gasteiger partial charge in [0.25, 0.3) is 5.91 Å². The topological polar surface area (TPSA) is 88.2 Å². The lowest BCUT2D eigenvalue weighted by molar-refractivity contribution is 0.102. The number of thiazole rings is 1. The molecule has 21 heavy (non-hydrogen) atoms. The average Bonchev–Trinajstić information content (AvgIpc) is 2.88. The molecule has 0 unspecified atom stereocenters. The number of carbonyl (C=O) groups excluding carboxylic acids is 1. The maximum atomic E-state index is 12.1. The van der Waals surface area contributed by atoms with Gasteiger partial charge in [-0.05, 0) is 32.0 Å². The molecule has 4 N–H and O–H groups in total. The number of carbonyl (C=O) groups is 1. The quantitative estimate of drug-likeness (QED) is 0.805. The number of hydrogen-bond donors (Lipinski definition) is 3. The molecule has 1 heterocycles. The SMILES string of the molecule is Cc1ccc(NC(=O)c2csc(CCN)n2)c(C)c1O.Cl. The Morgan fingerprint density at radius 1 is 1.43 bits per heavy atom. The van der Waals surface area contributed by atoms with E-state index < -0.39 is 0 Å². The Balaban J connectivity index is 0.00000220. The Labute approximate surface area is 133 Å². The van der Waals surface area contributed by atoms with Crippen molar-refractivity contribution in [1.29, 1.82) is 0 Å². The van der Waals surface area contributed by atoms with Gasteiger partial charge < -0.3 is 16.2 Å². The smallest absolute Gasteiger partial charge is 0.275 e. The molecule has 0 spiro atoms. The highest BCUT2D eigenvalue weighted by molar-refractivity contribution is 7.09. The number of phenolic OH excluding ortho intramolecular Hbond substituents is 1. The fourth-order valence-corrected chi connectivity index (χ4v) is 2.60. The van der Waals surface area contributed by atoms with Gasteiger partial charge in [-0.3, -0.25) is 4.79 Å². The van der Waals surface area contributed by atoms with Crippen molar-refractivity contribution in [2.24, 2.45) is 5.73 Å². The van der Waals surface area contributed by atoms with E-state index in [1.807, 2.05) is 6.92 Å². The molecule has 0 radical (unpaired) electrons. The highest BCUT2D eigenvalue weighted by Crippen LogP contribution is 2.28. The molecule has 1 amide bonds. The monoisotopic (exact) mass is 327 g/mol. The lowest BCUT2D eigenvalue weighted by atomic mass is 10.1. The number of hydrogen-bond acceptors (Lipinski definition) is 5. The van der Waals surface area contributed by atoms with Crippen LogP contribution in [0.4, 0.5) is 5.69 Å². The van der Waals surface area contributed by atoms with E-state index in [0.717, 1.165) is 10.6 Å². The van der Waals surface area contributed by atoms with Crippen LogP contribution in [0.15, 0.2) is 17.5 Å². The number of phenols is 1. The molecule has 0 saturated heterocycles. The Hall–Kier alpha value is -1.63. The minimum Gasteiger partial charge on any atom is -0.507 e. The zero-order chi connectivity index (χ0) is 14.7. The van der Waals surface area contributed by atoms with E-state index in [4.69, 9.17) is 5.73 Å². The van der Waals surface area contributed by atoms with E-state index in [9.17, 15) is 9.90 Å². The van der Waals surface area contributed by atoms with Gasteiger partial charge in [0.2, 0.25) is 0 Å².